The molecule has 0 aliphatic carbocycles. The van der Waals surface area contributed by atoms with Crippen LogP contribution in [0.15, 0.2) is 57.8 Å². The first-order valence-electron chi connectivity index (χ1n) is 9.58. The molecule has 1 aliphatic rings. The number of hydrogen-bond donors (Lipinski definition) is 1. The zero-order chi connectivity index (χ0) is 22.0. The Morgan fingerprint density at radius 1 is 1.13 bits per heavy atom. The number of sulfonamides is 1. The number of oxazole rings is 1. The number of amides is 1. The van der Waals surface area contributed by atoms with E-state index in [2.05, 4.69) is 10.3 Å². The normalized spacial score (nSPS) is 15.0. The van der Waals surface area contributed by atoms with Gasteiger partial charge in [-0.1, -0.05) is 18.2 Å². The first kappa shape index (κ1) is 21.2. The highest BCUT2D eigenvalue weighted by Crippen LogP contribution is 2.25. The SMILES string of the molecule is Cc1oc(-c2ccccc2)nc1C(=O)Nc1ccc(F)c(S(=O)(=O)N2CCOCC2)c1. The molecular formula is C21H20FN3O5S. The van der Waals surface area contributed by atoms with E-state index in [1.54, 1.807) is 19.1 Å². The molecule has 8 nitrogen and oxygen atoms in total. The second-order valence-corrected chi connectivity index (χ2v) is 8.81. The minimum absolute atomic E-state index is 0.0563. The van der Waals surface area contributed by atoms with E-state index in [1.807, 2.05) is 18.2 Å². The number of anilines is 1. The van der Waals surface area contributed by atoms with Gasteiger partial charge in [-0.2, -0.15) is 4.31 Å². The standard InChI is InChI=1S/C21H20FN3O5S/c1-14-19(24-21(30-14)15-5-3-2-4-6-15)20(26)23-16-7-8-17(22)18(13-16)31(27,28)25-9-11-29-12-10-25/h2-8,13H,9-12H2,1H3,(H,23,26). The molecule has 3 aromatic rings. The van der Waals surface area contributed by atoms with Crippen LogP contribution in [0.5, 0.6) is 0 Å². The van der Waals surface area contributed by atoms with Crippen molar-refractivity contribution in [3.63, 3.8) is 0 Å². The third kappa shape index (κ3) is 4.36. The van der Waals surface area contributed by atoms with Gasteiger partial charge in [0, 0.05) is 24.3 Å². The van der Waals surface area contributed by atoms with Crippen molar-refractivity contribution < 1.29 is 26.8 Å². The topological polar surface area (TPSA) is 102 Å². The summed E-state index contributed by atoms with van der Waals surface area (Å²) >= 11 is 0. The Morgan fingerprint density at radius 2 is 1.84 bits per heavy atom. The summed E-state index contributed by atoms with van der Waals surface area (Å²) in [5, 5.41) is 2.57. The Hall–Kier alpha value is -3.08. The zero-order valence-electron chi connectivity index (χ0n) is 16.7. The molecule has 0 bridgehead atoms. The van der Waals surface area contributed by atoms with Crippen LogP contribution in [0.4, 0.5) is 10.1 Å². The average molecular weight is 445 g/mol. The maximum absolute atomic E-state index is 14.4. The van der Waals surface area contributed by atoms with Gasteiger partial charge >= 0.3 is 0 Å². The molecule has 0 saturated carbocycles. The zero-order valence-corrected chi connectivity index (χ0v) is 17.5. The van der Waals surface area contributed by atoms with Gasteiger partial charge in [-0.3, -0.25) is 4.79 Å². The number of nitrogens with one attached hydrogen (secondary N) is 1. The number of carbonyl (C=O) groups is 1. The molecule has 1 fully saturated rings. The van der Waals surface area contributed by atoms with Crippen LogP contribution < -0.4 is 5.32 Å². The number of aryl methyl sites for hydroxylation is 1. The van der Waals surface area contributed by atoms with Crippen LogP contribution in [0, 0.1) is 12.7 Å². The van der Waals surface area contributed by atoms with Crippen molar-refractivity contribution in [1.29, 1.82) is 0 Å². The molecule has 1 N–H and O–H groups in total. The first-order valence-corrected chi connectivity index (χ1v) is 11.0. The fraction of sp³-hybridized carbons (Fsp3) is 0.238. The number of halogens is 1. The summed E-state index contributed by atoms with van der Waals surface area (Å²) in [6.45, 7) is 2.36. The predicted molar refractivity (Wildman–Crippen MR) is 111 cm³/mol. The van der Waals surface area contributed by atoms with Gasteiger partial charge in [0.15, 0.2) is 5.69 Å². The fourth-order valence-corrected chi connectivity index (χ4v) is 4.70. The molecule has 1 aromatic heterocycles. The van der Waals surface area contributed by atoms with Crippen LogP contribution in [0.2, 0.25) is 0 Å². The molecule has 0 unspecified atom stereocenters. The van der Waals surface area contributed by atoms with Gasteiger partial charge in [0.25, 0.3) is 5.91 Å². The number of carbonyl (C=O) groups excluding carboxylic acids is 1. The van der Waals surface area contributed by atoms with E-state index in [0.29, 0.717) is 11.3 Å². The monoisotopic (exact) mass is 445 g/mol. The number of nitrogens with zero attached hydrogens (tertiary/aromatic N) is 2. The number of morpholine rings is 1. The Kier molecular flexibility index (Phi) is 5.86. The van der Waals surface area contributed by atoms with Crippen molar-refractivity contribution in [1.82, 2.24) is 9.29 Å². The number of aromatic nitrogens is 1. The van der Waals surface area contributed by atoms with Crippen molar-refractivity contribution in [2.45, 2.75) is 11.8 Å². The third-order valence-corrected chi connectivity index (χ3v) is 6.72. The van der Waals surface area contributed by atoms with E-state index in [-0.39, 0.29) is 43.6 Å². The molecule has 4 rings (SSSR count). The number of rotatable bonds is 5. The molecule has 1 amide bonds. The molecular weight excluding hydrogens is 425 g/mol. The van der Waals surface area contributed by atoms with Gasteiger partial charge in [-0.25, -0.2) is 17.8 Å². The average Bonchev–Trinajstić information content (AvgIpc) is 3.18. The molecule has 10 heteroatoms. The maximum Gasteiger partial charge on any atom is 0.277 e. The summed E-state index contributed by atoms with van der Waals surface area (Å²) in [5.41, 5.74) is 0.896. The van der Waals surface area contributed by atoms with Crippen molar-refractivity contribution in [3.8, 4) is 11.5 Å². The van der Waals surface area contributed by atoms with E-state index in [9.17, 15) is 17.6 Å². The van der Waals surface area contributed by atoms with E-state index in [0.717, 1.165) is 16.4 Å². The van der Waals surface area contributed by atoms with E-state index in [4.69, 9.17) is 9.15 Å². The molecule has 2 aromatic carbocycles. The van der Waals surface area contributed by atoms with E-state index < -0.39 is 26.6 Å². The second-order valence-electron chi connectivity index (χ2n) is 6.91. The van der Waals surface area contributed by atoms with Crippen LogP contribution in [-0.2, 0) is 14.8 Å². The Bertz CT molecular complexity index is 1210. The molecule has 0 atom stereocenters. The molecule has 31 heavy (non-hydrogen) atoms. The Labute approximate surface area is 178 Å². The van der Waals surface area contributed by atoms with Crippen LogP contribution in [-0.4, -0.2) is 49.9 Å². The molecule has 1 saturated heterocycles. The third-order valence-electron chi connectivity index (χ3n) is 4.81. The highest BCUT2D eigenvalue weighted by atomic mass is 32.2. The van der Waals surface area contributed by atoms with Gasteiger partial charge in [0.1, 0.15) is 16.5 Å². The molecule has 0 spiro atoms. The van der Waals surface area contributed by atoms with Crippen LogP contribution >= 0.6 is 0 Å². The fourth-order valence-electron chi connectivity index (χ4n) is 3.21. The van der Waals surface area contributed by atoms with Crippen molar-refractivity contribution in [3.05, 3.63) is 65.8 Å². The molecule has 2 heterocycles. The largest absolute Gasteiger partial charge is 0.441 e. The number of ether oxygens (including phenoxy) is 1. The quantitative estimate of drug-likeness (QED) is 0.648. The Balaban J connectivity index is 1.58. The summed E-state index contributed by atoms with van der Waals surface area (Å²) in [5.74, 6) is -0.893. The Morgan fingerprint density at radius 3 is 2.55 bits per heavy atom. The smallest absolute Gasteiger partial charge is 0.277 e. The first-order chi connectivity index (χ1) is 14.9. The lowest BCUT2D eigenvalue weighted by Crippen LogP contribution is -2.40. The summed E-state index contributed by atoms with van der Waals surface area (Å²) in [4.78, 5) is 16.5. The van der Waals surface area contributed by atoms with Gasteiger partial charge < -0.3 is 14.5 Å². The lowest BCUT2D eigenvalue weighted by Gasteiger charge is -2.26. The number of hydrogen-bond acceptors (Lipinski definition) is 6. The highest BCUT2D eigenvalue weighted by Gasteiger charge is 2.29. The lowest BCUT2D eigenvalue weighted by atomic mass is 10.2. The van der Waals surface area contributed by atoms with Gasteiger partial charge in [0.05, 0.1) is 13.2 Å². The van der Waals surface area contributed by atoms with Crippen molar-refractivity contribution >= 4 is 21.6 Å². The predicted octanol–water partition coefficient (Wildman–Crippen LogP) is 3.06. The van der Waals surface area contributed by atoms with E-state index >= 15 is 0 Å². The molecule has 1 aliphatic heterocycles. The molecule has 0 radical (unpaired) electrons. The molecule has 162 valence electrons. The maximum atomic E-state index is 14.4. The lowest BCUT2D eigenvalue weighted by molar-refractivity contribution is 0.0729. The van der Waals surface area contributed by atoms with Gasteiger partial charge in [-0.05, 0) is 37.3 Å². The van der Waals surface area contributed by atoms with Crippen molar-refractivity contribution in [2.75, 3.05) is 31.6 Å². The number of benzene rings is 2. The van der Waals surface area contributed by atoms with Crippen molar-refractivity contribution in [2.24, 2.45) is 0 Å². The van der Waals surface area contributed by atoms with Gasteiger partial charge in [0.2, 0.25) is 15.9 Å². The van der Waals surface area contributed by atoms with E-state index in [1.165, 1.54) is 6.07 Å². The summed E-state index contributed by atoms with van der Waals surface area (Å²) in [6, 6.07) is 12.5. The van der Waals surface area contributed by atoms with Crippen LogP contribution in [0.25, 0.3) is 11.5 Å². The summed E-state index contributed by atoms with van der Waals surface area (Å²) in [7, 11) is -4.06. The van der Waals surface area contributed by atoms with Crippen LogP contribution in [0.1, 0.15) is 16.2 Å². The van der Waals surface area contributed by atoms with Gasteiger partial charge in [-0.15, -0.1) is 0 Å². The minimum atomic E-state index is -4.06. The minimum Gasteiger partial charge on any atom is -0.441 e. The highest BCUT2D eigenvalue weighted by molar-refractivity contribution is 7.89. The van der Waals surface area contributed by atoms with Crippen LogP contribution in [0.3, 0.4) is 0 Å². The second kappa shape index (κ2) is 8.58. The summed E-state index contributed by atoms with van der Waals surface area (Å²) < 4.78 is 51.9. The summed E-state index contributed by atoms with van der Waals surface area (Å²) in [6.07, 6.45) is 0.